The normalized spacial score (nSPS) is 14.2. The fourth-order valence-corrected chi connectivity index (χ4v) is 3.62. The van der Waals surface area contributed by atoms with Crippen molar-refractivity contribution in [3.63, 3.8) is 0 Å². The topological polar surface area (TPSA) is 23.5 Å². The van der Waals surface area contributed by atoms with Gasteiger partial charge in [0.15, 0.2) is 0 Å². The summed E-state index contributed by atoms with van der Waals surface area (Å²) in [6.45, 7) is 14.1. The molecule has 2 rings (SSSR count). The van der Waals surface area contributed by atoms with E-state index in [1.807, 2.05) is 37.3 Å². The molecule has 0 bridgehead atoms. The van der Waals surface area contributed by atoms with Gasteiger partial charge >= 0.3 is 0 Å². The molecule has 0 saturated heterocycles. The van der Waals surface area contributed by atoms with Crippen molar-refractivity contribution in [3.05, 3.63) is 60.2 Å². The lowest BCUT2D eigenvalue weighted by molar-refractivity contribution is 0.0336. The maximum atomic E-state index is 11.3. The molecule has 26 heavy (non-hydrogen) atoms. The number of hydrogen-bond acceptors (Lipinski definition) is 2. The number of benzene rings is 2. The van der Waals surface area contributed by atoms with E-state index in [2.05, 4.69) is 56.9 Å². The molecule has 0 spiro atoms. The number of rotatable bonds is 9. The van der Waals surface area contributed by atoms with Crippen molar-refractivity contribution >= 4 is 0 Å². The molecule has 2 heteroatoms. The van der Waals surface area contributed by atoms with Gasteiger partial charge in [-0.05, 0) is 41.9 Å². The molecule has 0 saturated carbocycles. The number of aliphatic hydroxyl groups is 1. The van der Waals surface area contributed by atoms with Gasteiger partial charge in [0.2, 0.25) is 0 Å². The van der Waals surface area contributed by atoms with Crippen LogP contribution in [-0.2, 0) is 5.60 Å². The van der Waals surface area contributed by atoms with Gasteiger partial charge in [0.25, 0.3) is 0 Å². The van der Waals surface area contributed by atoms with Crippen molar-refractivity contribution in [1.82, 2.24) is 4.90 Å². The summed E-state index contributed by atoms with van der Waals surface area (Å²) >= 11 is 0. The lowest BCUT2D eigenvalue weighted by atomic mass is 9.86. The molecule has 1 unspecified atom stereocenters. The van der Waals surface area contributed by atoms with Gasteiger partial charge in [-0.15, -0.1) is 0 Å². The Bertz CT molecular complexity index is 651. The molecule has 0 aliphatic carbocycles. The van der Waals surface area contributed by atoms with E-state index < -0.39 is 5.60 Å². The van der Waals surface area contributed by atoms with Crippen LogP contribution in [0.4, 0.5) is 0 Å². The number of hydrogen-bond donors (Lipinski definition) is 1. The van der Waals surface area contributed by atoms with Crippen LogP contribution in [0, 0.1) is 11.8 Å². The SMILES string of the molecule is CC(C)CN(CCC(C)(O)c1ccccc1-c1ccccc1)CC(C)C. The van der Waals surface area contributed by atoms with Crippen LogP contribution in [0.2, 0.25) is 0 Å². The molecule has 1 atom stereocenters. The van der Waals surface area contributed by atoms with Gasteiger partial charge in [-0.25, -0.2) is 0 Å². The van der Waals surface area contributed by atoms with Crippen LogP contribution in [0.5, 0.6) is 0 Å². The maximum absolute atomic E-state index is 11.3. The first kappa shape index (κ1) is 20.7. The lowest BCUT2D eigenvalue weighted by Crippen LogP contribution is -2.36. The summed E-state index contributed by atoms with van der Waals surface area (Å²) in [7, 11) is 0. The minimum Gasteiger partial charge on any atom is -0.385 e. The van der Waals surface area contributed by atoms with Crippen molar-refractivity contribution in [2.45, 2.75) is 46.6 Å². The standard InChI is InChI=1S/C24H35NO/c1-19(2)17-25(18-20(3)4)16-15-24(5,26)23-14-10-9-13-22(23)21-11-7-6-8-12-21/h6-14,19-20,26H,15-18H2,1-5H3. The molecule has 0 aromatic heterocycles. The molecular formula is C24H35NO. The highest BCUT2D eigenvalue weighted by Gasteiger charge is 2.27. The Kier molecular flexibility index (Phi) is 7.43. The quantitative estimate of drug-likeness (QED) is 0.637. The molecule has 2 aromatic rings. The molecule has 142 valence electrons. The molecule has 0 aliphatic rings. The van der Waals surface area contributed by atoms with Gasteiger partial charge in [0.05, 0.1) is 5.60 Å². The van der Waals surface area contributed by atoms with Gasteiger partial charge in [0, 0.05) is 19.6 Å². The van der Waals surface area contributed by atoms with Crippen molar-refractivity contribution in [2.24, 2.45) is 11.8 Å². The summed E-state index contributed by atoms with van der Waals surface area (Å²) in [6, 6.07) is 18.6. The molecule has 0 radical (unpaired) electrons. The zero-order valence-electron chi connectivity index (χ0n) is 17.1. The molecule has 0 amide bonds. The zero-order valence-corrected chi connectivity index (χ0v) is 17.1. The van der Waals surface area contributed by atoms with Crippen molar-refractivity contribution in [2.75, 3.05) is 19.6 Å². The highest BCUT2D eigenvalue weighted by molar-refractivity contribution is 5.68. The summed E-state index contributed by atoms with van der Waals surface area (Å²) < 4.78 is 0. The molecule has 2 aromatic carbocycles. The second-order valence-electron chi connectivity index (χ2n) is 8.48. The predicted molar refractivity (Wildman–Crippen MR) is 112 cm³/mol. The monoisotopic (exact) mass is 353 g/mol. The van der Waals surface area contributed by atoms with Gasteiger partial charge in [-0.1, -0.05) is 82.3 Å². The van der Waals surface area contributed by atoms with E-state index in [4.69, 9.17) is 0 Å². The van der Waals surface area contributed by atoms with Crippen molar-refractivity contribution < 1.29 is 5.11 Å². The third-order valence-corrected chi connectivity index (χ3v) is 4.75. The summed E-state index contributed by atoms with van der Waals surface area (Å²) in [4.78, 5) is 2.49. The van der Waals surface area contributed by atoms with Gasteiger partial charge in [-0.3, -0.25) is 0 Å². The smallest absolute Gasteiger partial charge is 0.0886 e. The first-order chi connectivity index (χ1) is 12.3. The highest BCUT2D eigenvalue weighted by atomic mass is 16.3. The average molecular weight is 354 g/mol. The minimum atomic E-state index is -0.849. The average Bonchev–Trinajstić information content (AvgIpc) is 2.60. The summed E-state index contributed by atoms with van der Waals surface area (Å²) in [5.74, 6) is 1.27. The Morgan fingerprint density at radius 1 is 0.846 bits per heavy atom. The largest absolute Gasteiger partial charge is 0.385 e. The van der Waals surface area contributed by atoms with Crippen LogP contribution in [-0.4, -0.2) is 29.6 Å². The molecule has 0 aliphatic heterocycles. The van der Waals surface area contributed by atoms with Crippen LogP contribution in [0.1, 0.15) is 46.6 Å². The highest BCUT2D eigenvalue weighted by Crippen LogP contribution is 2.34. The second-order valence-corrected chi connectivity index (χ2v) is 8.48. The maximum Gasteiger partial charge on any atom is 0.0886 e. The Morgan fingerprint density at radius 3 is 1.96 bits per heavy atom. The molecular weight excluding hydrogens is 318 g/mol. The fourth-order valence-electron chi connectivity index (χ4n) is 3.62. The third-order valence-electron chi connectivity index (χ3n) is 4.75. The van der Waals surface area contributed by atoms with Gasteiger partial charge in [-0.2, -0.15) is 0 Å². The Hall–Kier alpha value is -1.64. The van der Waals surface area contributed by atoms with Crippen LogP contribution in [0.15, 0.2) is 54.6 Å². The molecule has 2 nitrogen and oxygen atoms in total. The zero-order chi connectivity index (χ0) is 19.2. The van der Waals surface area contributed by atoms with E-state index in [1.165, 1.54) is 0 Å². The Morgan fingerprint density at radius 2 is 1.38 bits per heavy atom. The second kappa shape index (κ2) is 9.34. The summed E-state index contributed by atoms with van der Waals surface area (Å²) in [5, 5.41) is 11.3. The molecule has 0 fully saturated rings. The van der Waals surface area contributed by atoms with Crippen LogP contribution in [0.3, 0.4) is 0 Å². The lowest BCUT2D eigenvalue weighted by Gasteiger charge is -2.32. The summed E-state index contributed by atoms with van der Waals surface area (Å²) in [5.41, 5.74) is 2.45. The molecule has 0 heterocycles. The van der Waals surface area contributed by atoms with E-state index in [9.17, 15) is 5.11 Å². The van der Waals surface area contributed by atoms with E-state index in [1.54, 1.807) is 0 Å². The van der Waals surface area contributed by atoms with Gasteiger partial charge in [0.1, 0.15) is 0 Å². The first-order valence-corrected chi connectivity index (χ1v) is 9.89. The van der Waals surface area contributed by atoms with E-state index >= 15 is 0 Å². The Labute approximate surface area is 159 Å². The first-order valence-electron chi connectivity index (χ1n) is 9.89. The Balaban J connectivity index is 2.19. The van der Waals surface area contributed by atoms with Gasteiger partial charge < -0.3 is 10.0 Å². The van der Waals surface area contributed by atoms with Crippen LogP contribution < -0.4 is 0 Å². The predicted octanol–water partition coefficient (Wildman–Crippen LogP) is 5.57. The fraction of sp³-hybridized carbons (Fsp3) is 0.500. The third kappa shape index (κ3) is 5.96. The van der Waals surface area contributed by atoms with Crippen molar-refractivity contribution in [3.8, 4) is 11.1 Å². The molecule has 1 N–H and O–H groups in total. The summed E-state index contributed by atoms with van der Waals surface area (Å²) in [6.07, 6.45) is 0.732. The van der Waals surface area contributed by atoms with Crippen molar-refractivity contribution in [1.29, 1.82) is 0 Å². The van der Waals surface area contributed by atoms with Crippen LogP contribution >= 0.6 is 0 Å². The van der Waals surface area contributed by atoms with E-state index in [0.29, 0.717) is 11.8 Å². The van der Waals surface area contributed by atoms with E-state index in [-0.39, 0.29) is 0 Å². The minimum absolute atomic E-state index is 0.635. The number of nitrogens with zero attached hydrogens (tertiary/aromatic N) is 1. The van der Waals surface area contributed by atoms with Crippen LogP contribution in [0.25, 0.3) is 11.1 Å². The van der Waals surface area contributed by atoms with E-state index in [0.717, 1.165) is 42.7 Å².